The van der Waals surface area contributed by atoms with Gasteiger partial charge in [0, 0.05) is 11.5 Å². The third-order valence-electron chi connectivity index (χ3n) is 1.83. The van der Waals surface area contributed by atoms with Crippen molar-refractivity contribution in [2.75, 3.05) is 11.5 Å². The van der Waals surface area contributed by atoms with Gasteiger partial charge in [-0.2, -0.15) is 0 Å². The van der Waals surface area contributed by atoms with Crippen LogP contribution in [0, 0.1) is 0 Å². The lowest BCUT2D eigenvalue weighted by atomic mass is 10.9. The van der Waals surface area contributed by atoms with E-state index < -0.39 is 0 Å². The van der Waals surface area contributed by atoms with Gasteiger partial charge in [-0.1, -0.05) is 46.2 Å². The molecule has 0 amide bonds. The normalized spacial score (nSPS) is 23.1. The predicted octanol–water partition coefficient (Wildman–Crippen LogP) is 3.50. The van der Waals surface area contributed by atoms with Crippen LogP contribution in [0.4, 0.5) is 0 Å². The van der Waals surface area contributed by atoms with Crippen molar-refractivity contribution in [2.45, 2.75) is 17.6 Å². The van der Waals surface area contributed by atoms with Gasteiger partial charge in [-0.3, -0.25) is 4.79 Å². The lowest BCUT2D eigenvalue weighted by Crippen LogP contribution is -2.06. The minimum absolute atomic E-state index is 0.250. The van der Waals surface area contributed by atoms with Crippen LogP contribution in [0.3, 0.4) is 0 Å². The van der Waals surface area contributed by atoms with E-state index in [1.807, 2.05) is 23.5 Å². The number of fused-ring (bicyclic) bond motifs is 1. The smallest absolute Gasteiger partial charge is 0.265 e. The van der Waals surface area contributed by atoms with Crippen molar-refractivity contribution >= 4 is 69.7 Å². The van der Waals surface area contributed by atoms with Gasteiger partial charge < -0.3 is 0 Å². The third kappa shape index (κ3) is 1.91. The van der Waals surface area contributed by atoms with Gasteiger partial charge in [-0.25, -0.2) is 0 Å². The Morgan fingerprint density at radius 3 is 2.07 bits per heavy atom. The van der Waals surface area contributed by atoms with E-state index in [-0.39, 0.29) is 4.06 Å². The second-order valence-electron chi connectivity index (χ2n) is 2.74. The van der Waals surface area contributed by atoms with Gasteiger partial charge in [-0.15, -0.1) is 23.5 Å². The Bertz CT molecular complexity index is 363. The molecule has 1 nitrogen and oxygen atoms in total. The molecule has 0 unspecified atom stereocenters. The first kappa shape index (κ1) is 10.4. The van der Waals surface area contributed by atoms with Gasteiger partial charge in [0.25, 0.3) is 4.06 Å². The van der Waals surface area contributed by atoms with Crippen LogP contribution in [0.15, 0.2) is 13.2 Å². The topological polar surface area (TPSA) is 17.1 Å². The zero-order valence-electron chi connectivity index (χ0n) is 6.93. The van der Waals surface area contributed by atoms with Gasteiger partial charge in [0.1, 0.15) is 0 Å². The minimum Gasteiger partial charge on any atom is -0.265 e. The summed E-state index contributed by atoms with van der Waals surface area (Å²) in [6, 6.07) is 0. The summed E-state index contributed by atoms with van der Waals surface area (Å²) in [6.07, 6.45) is 0. The summed E-state index contributed by atoms with van der Waals surface area (Å²) in [5, 5.41) is 0. The standard InChI is InChI=1S/C7H6OS6/c8-7-13-5-6(14-7)12-4(11-5)3-9-1-2-10-3/h3-4H,1-2H2. The molecule has 14 heavy (non-hydrogen) atoms. The minimum atomic E-state index is 0.250. The Balaban J connectivity index is 1.78. The van der Waals surface area contributed by atoms with Gasteiger partial charge in [0.05, 0.1) is 17.6 Å². The molecule has 0 N–H and O–H groups in total. The fraction of sp³-hybridized carbons (Fsp3) is 0.571. The monoisotopic (exact) mass is 298 g/mol. The molecule has 76 valence electrons. The lowest BCUT2D eigenvalue weighted by molar-refractivity contribution is 1.38. The van der Waals surface area contributed by atoms with Crippen LogP contribution in [-0.4, -0.2) is 20.7 Å². The molecule has 2 aliphatic heterocycles. The number of hydrogen-bond donors (Lipinski definition) is 0. The average molecular weight is 299 g/mol. The molecular weight excluding hydrogens is 292 g/mol. The third-order valence-corrected chi connectivity index (χ3v) is 11.3. The molecule has 0 atom stereocenters. The van der Waals surface area contributed by atoms with Crippen LogP contribution in [0.2, 0.25) is 0 Å². The van der Waals surface area contributed by atoms with E-state index in [1.54, 1.807) is 0 Å². The fourth-order valence-electron chi connectivity index (χ4n) is 1.28. The quantitative estimate of drug-likeness (QED) is 0.787. The second kappa shape index (κ2) is 4.25. The summed E-state index contributed by atoms with van der Waals surface area (Å²) >= 11 is 10.8. The van der Waals surface area contributed by atoms with E-state index in [1.165, 1.54) is 42.6 Å². The van der Waals surface area contributed by atoms with E-state index in [0.29, 0.717) is 4.58 Å². The first-order valence-corrected chi connectivity index (χ1v) is 9.52. The predicted molar refractivity (Wildman–Crippen MR) is 72.7 cm³/mol. The van der Waals surface area contributed by atoms with Crippen molar-refractivity contribution in [2.24, 2.45) is 0 Å². The lowest BCUT2D eigenvalue weighted by Gasteiger charge is -2.13. The molecule has 0 radical (unpaired) electrons. The second-order valence-corrected chi connectivity index (χ2v) is 10.9. The largest absolute Gasteiger partial charge is 0.289 e. The fourth-order valence-corrected chi connectivity index (χ4v) is 11.4. The molecule has 1 saturated heterocycles. The molecule has 3 rings (SSSR count). The molecule has 1 fully saturated rings. The zero-order valence-corrected chi connectivity index (χ0v) is 11.8. The summed E-state index contributed by atoms with van der Waals surface area (Å²) in [7, 11) is 0. The van der Waals surface area contributed by atoms with E-state index in [4.69, 9.17) is 0 Å². The maximum absolute atomic E-state index is 11.1. The molecule has 0 aliphatic carbocycles. The maximum Gasteiger partial charge on any atom is 0.289 e. The highest BCUT2D eigenvalue weighted by molar-refractivity contribution is 8.27. The van der Waals surface area contributed by atoms with E-state index >= 15 is 0 Å². The van der Waals surface area contributed by atoms with Gasteiger partial charge >= 0.3 is 0 Å². The summed E-state index contributed by atoms with van der Waals surface area (Å²) in [4.78, 5) is 11.1. The van der Waals surface area contributed by atoms with Crippen LogP contribution in [0.5, 0.6) is 0 Å². The average Bonchev–Trinajstić information content (AvgIpc) is 2.74. The molecular formula is C7H6OS6. The Kier molecular flexibility index (Phi) is 3.16. The van der Waals surface area contributed by atoms with Crippen LogP contribution in [-0.2, 0) is 0 Å². The van der Waals surface area contributed by atoms with E-state index in [0.717, 1.165) is 4.58 Å². The first-order chi connectivity index (χ1) is 6.83. The summed E-state index contributed by atoms with van der Waals surface area (Å²) in [6.45, 7) is 0. The molecule has 3 heterocycles. The summed E-state index contributed by atoms with van der Waals surface area (Å²) in [5.74, 6) is 2.58. The van der Waals surface area contributed by atoms with Crippen LogP contribution >= 0.6 is 69.7 Å². The molecule has 0 saturated carbocycles. The highest BCUT2D eigenvalue weighted by Gasteiger charge is 2.35. The highest BCUT2D eigenvalue weighted by Crippen LogP contribution is 2.57. The Hall–Kier alpha value is 1.25. The van der Waals surface area contributed by atoms with Crippen LogP contribution < -0.4 is 4.06 Å². The maximum atomic E-state index is 11.1. The Morgan fingerprint density at radius 2 is 1.50 bits per heavy atom. The highest BCUT2D eigenvalue weighted by atomic mass is 32.2. The van der Waals surface area contributed by atoms with E-state index in [2.05, 4.69) is 23.5 Å². The van der Waals surface area contributed by atoms with Crippen molar-refractivity contribution in [3.8, 4) is 0 Å². The molecule has 1 aromatic heterocycles. The van der Waals surface area contributed by atoms with Gasteiger partial charge in [0.15, 0.2) is 0 Å². The van der Waals surface area contributed by atoms with Gasteiger partial charge in [-0.05, 0) is 0 Å². The molecule has 0 spiro atoms. The summed E-state index contributed by atoms with van der Waals surface area (Å²) in [5.41, 5.74) is 0. The molecule has 0 bridgehead atoms. The SMILES string of the molecule is O=c1sc2c(s1)SC(C1SCCS1)S2. The molecule has 1 aromatic rings. The molecule has 7 heteroatoms. The van der Waals surface area contributed by atoms with Crippen molar-refractivity contribution in [3.05, 3.63) is 8.85 Å². The van der Waals surface area contributed by atoms with Crippen molar-refractivity contribution in [1.29, 1.82) is 0 Å². The first-order valence-electron chi connectivity index (χ1n) is 4.03. The number of thioether (sulfide) groups is 4. The number of rotatable bonds is 1. The van der Waals surface area contributed by atoms with Gasteiger partial charge in [0.2, 0.25) is 0 Å². The van der Waals surface area contributed by atoms with Crippen molar-refractivity contribution in [3.63, 3.8) is 0 Å². The van der Waals surface area contributed by atoms with Crippen molar-refractivity contribution in [1.82, 2.24) is 0 Å². The number of hydrogen-bond acceptors (Lipinski definition) is 7. The van der Waals surface area contributed by atoms with Crippen molar-refractivity contribution < 1.29 is 0 Å². The van der Waals surface area contributed by atoms with Crippen LogP contribution in [0.25, 0.3) is 0 Å². The Morgan fingerprint density at radius 1 is 0.929 bits per heavy atom. The molecule has 0 aromatic carbocycles. The molecule has 2 aliphatic rings. The van der Waals surface area contributed by atoms with Crippen LogP contribution in [0.1, 0.15) is 0 Å². The Labute approximate surface area is 107 Å². The zero-order chi connectivity index (χ0) is 9.54. The van der Waals surface area contributed by atoms with E-state index in [9.17, 15) is 4.79 Å². The summed E-state index contributed by atoms with van der Waals surface area (Å²) < 4.78 is 4.16.